The first-order valence-electron chi connectivity index (χ1n) is 8.65. The summed E-state index contributed by atoms with van der Waals surface area (Å²) in [5, 5.41) is 0.848. The van der Waals surface area contributed by atoms with Gasteiger partial charge in [0.15, 0.2) is 16.6 Å². The molecule has 0 atom stereocenters. The number of anilines is 1. The molecule has 0 saturated carbocycles. The summed E-state index contributed by atoms with van der Waals surface area (Å²) < 4.78 is 16.2. The highest BCUT2D eigenvalue weighted by Crippen LogP contribution is 2.38. The number of hydrogen-bond acceptors (Lipinski definition) is 5. The maximum absolute atomic E-state index is 13.1. The van der Waals surface area contributed by atoms with Crippen LogP contribution in [-0.2, 0) is 4.79 Å². The third kappa shape index (κ3) is 3.16. The fraction of sp³-hybridized carbons (Fsp3) is 0.200. The SMILES string of the molecule is CCOc1ccc(N2C(=O)/C(=C/c3cc4c(cc3Cl)OCO4)N(C)C2=S)cc1. The number of hydrogen-bond donors (Lipinski definition) is 0. The van der Waals surface area contributed by atoms with Gasteiger partial charge in [-0.2, -0.15) is 0 Å². The number of rotatable bonds is 4. The van der Waals surface area contributed by atoms with Crippen LogP contribution in [0.1, 0.15) is 12.5 Å². The Labute approximate surface area is 172 Å². The molecule has 2 aromatic rings. The van der Waals surface area contributed by atoms with Crippen molar-refractivity contribution in [3.8, 4) is 17.2 Å². The lowest BCUT2D eigenvalue weighted by molar-refractivity contribution is -0.114. The number of fused-ring (bicyclic) bond motifs is 1. The van der Waals surface area contributed by atoms with Gasteiger partial charge < -0.3 is 19.1 Å². The Balaban J connectivity index is 1.67. The molecule has 144 valence electrons. The number of halogens is 1. The van der Waals surface area contributed by atoms with E-state index in [0.29, 0.717) is 45.2 Å². The Morgan fingerprint density at radius 1 is 1.21 bits per heavy atom. The van der Waals surface area contributed by atoms with E-state index in [1.54, 1.807) is 42.3 Å². The van der Waals surface area contributed by atoms with E-state index < -0.39 is 0 Å². The van der Waals surface area contributed by atoms with Crippen LogP contribution >= 0.6 is 23.8 Å². The zero-order valence-electron chi connectivity index (χ0n) is 15.3. The Hall–Kier alpha value is -2.77. The summed E-state index contributed by atoms with van der Waals surface area (Å²) in [6.07, 6.45) is 1.70. The monoisotopic (exact) mass is 416 g/mol. The largest absolute Gasteiger partial charge is 0.494 e. The number of ether oxygens (including phenoxy) is 3. The van der Waals surface area contributed by atoms with Crippen LogP contribution < -0.4 is 19.1 Å². The lowest BCUT2D eigenvalue weighted by Crippen LogP contribution is -2.31. The van der Waals surface area contributed by atoms with Crippen molar-refractivity contribution in [3.05, 3.63) is 52.7 Å². The van der Waals surface area contributed by atoms with Gasteiger partial charge in [-0.3, -0.25) is 9.69 Å². The molecule has 2 aromatic carbocycles. The molecule has 4 rings (SSSR count). The van der Waals surface area contributed by atoms with E-state index in [-0.39, 0.29) is 12.7 Å². The van der Waals surface area contributed by atoms with Gasteiger partial charge in [-0.25, -0.2) is 0 Å². The topological polar surface area (TPSA) is 51.2 Å². The van der Waals surface area contributed by atoms with Gasteiger partial charge in [0.25, 0.3) is 5.91 Å². The third-order valence-electron chi connectivity index (χ3n) is 4.45. The van der Waals surface area contributed by atoms with Crippen molar-refractivity contribution in [1.82, 2.24) is 4.90 Å². The maximum Gasteiger partial charge on any atom is 0.281 e. The minimum atomic E-state index is -0.231. The number of carbonyl (C=O) groups is 1. The molecule has 2 aliphatic rings. The second kappa shape index (κ2) is 7.33. The van der Waals surface area contributed by atoms with Gasteiger partial charge >= 0.3 is 0 Å². The molecule has 0 bridgehead atoms. The minimum Gasteiger partial charge on any atom is -0.494 e. The number of benzene rings is 2. The molecule has 1 saturated heterocycles. The Kier molecular flexibility index (Phi) is 4.87. The average Bonchev–Trinajstić information content (AvgIpc) is 3.21. The fourth-order valence-electron chi connectivity index (χ4n) is 3.03. The van der Waals surface area contributed by atoms with E-state index in [2.05, 4.69) is 0 Å². The minimum absolute atomic E-state index is 0.153. The maximum atomic E-state index is 13.1. The van der Waals surface area contributed by atoms with Crippen LogP contribution in [0.3, 0.4) is 0 Å². The smallest absolute Gasteiger partial charge is 0.281 e. The van der Waals surface area contributed by atoms with E-state index in [4.69, 9.17) is 38.0 Å². The predicted molar refractivity (Wildman–Crippen MR) is 111 cm³/mol. The standard InChI is InChI=1S/C20H17ClN2O4S/c1-3-25-14-6-4-13(5-7-14)23-19(24)16(22(2)20(23)28)8-12-9-17-18(10-15(12)21)27-11-26-17/h4-10H,3,11H2,1-2H3/b16-8-. The fourth-order valence-corrected chi connectivity index (χ4v) is 3.53. The van der Waals surface area contributed by atoms with Gasteiger partial charge in [0.05, 0.1) is 17.3 Å². The van der Waals surface area contributed by atoms with Gasteiger partial charge in [-0.05, 0) is 61.1 Å². The van der Waals surface area contributed by atoms with Crippen molar-refractivity contribution < 1.29 is 19.0 Å². The van der Waals surface area contributed by atoms with E-state index in [1.807, 2.05) is 19.1 Å². The molecular formula is C20H17ClN2O4S. The van der Waals surface area contributed by atoms with Crippen LogP contribution in [0.4, 0.5) is 5.69 Å². The van der Waals surface area contributed by atoms with Crippen LogP contribution in [0.15, 0.2) is 42.1 Å². The molecule has 1 amide bonds. The molecule has 0 aliphatic carbocycles. The molecule has 2 heterocycles. The lowest BCUT2D eigenvalue weighted by atomic mass is 10.1. The second-order valence-corrected chi connectivity index (χ2v) is 6.94. The zero-order chi connectivity index (χ0) is 19.8. The quantitative estimate of drug-likeness (QED) is 0.553. The van der Waals surface area contributed by atoms with Gasteiger partial charge in [0, 0.05) is 13.1 Å². The molecule has 1 fully saturated rings. The summed E-state index contributed by atoms with van der Waals surface area (Å²) in [6.45, 7) is 2.65. The van der Waals surface area contributed by atoms with E-state index in [1.165, 1.54) is 4.90 Å². The Bertz CT molecular complexity index is 990. The first-order valence-corrected chi connectivity index (χ1v) is 9.44. The van der Waals surface area contributed by atoms with Gasteiger partial charge in [-0.15, -0.1) is 0 Å². The number of thiocarbonyl (C=S) groups is 1. The van der Waals surface area contributed by atoms with Crippen molar-refractivity contribution in [3.63, 3.8) is 0 Å². The van der Waals surface area contributed by atoms with E-state index in [9.17, 15) is 4.79 Å². The highest BCUT2D eigenvalue weighted by atomic mass is 35.5. The lowest BCUT2D eigenvalue weighted by Gasteiger charge is -2.16. The normalized spacial score (nSPS) is 17.0. The molecule has 0 radical (unpaired) electrons. The molecule has 0 spiro atoms. The van der Waals surface area contributed by atoms with Crippen molar-refractivity contribution in [2.75, 3.05) is 25.3 Å². The van der Waals surface area contributed by atoms with Crippen LogP contribution in [0, 0.1) is 0 Å². The van der Waals surface area contributed by atoms with Gasteiger partial charge in [0.1, 0.15) is 11.4 Å². The Morgan fingerprint density at radius 3 is 2.57 bits per heavy atom. The zero-order valence-corrected chi connectivity index (χ0v) is 16.8. The van der Waals surface area contributed by atoms with Crippen LogP contribution in [0.25, 0.3) is 6.08 Å². The Morgan fingerprint density at radius 2 is 1.89 bits per heavy atom. The van der Waals surface area contributed by atoms with Gasteiger partial charge in [0.2, 0.25) is 6.79 Å². The molecule has 28 heavy (non-hydrogen) atoms. The summed E-state index contributed by atoms with van der Waals surface area (Å²) in [5.41, 5.74) is 1.74. The predicted octanol–water partition coefficient (Wildman–Crippen LogP) is 4.07. The first-order chi connectivity index (χ1) is 13.5. The van der Waals surface area contributed by atoms with Crippen LogP contribution in [0.5, 0.6) is 17.2 Å². The van der Waals surface area contributed by atoms with Crippen molar-refractivity contribution in [1.29, 1.82) is 0 Å². The highest BCUT2D eigenvalue weighted by molar-refractivity contribution is 7.80. The summed E-state index contributed by atoms with van der Waals surface area (Å²) in [7, 11) is 1.75. The van der Waals surface area contributed by atoms with Crippen LogP contribution in [0.2, 0.25) is 5.02 Å². The molecular weight excluding hydrogens is 400 g/mol. The summed E-state index contributed by atoms with van der Waals surface area (Å²) in [6, 6.07) is 10.7. The number of carbonyl (C=O) groups excluding carboxylic acids is 1. The first kappa shape index (κ1) is 18.6. The molecule has 6 nitrogen and oxygen atoms in total. The van der Waals surface area contributed by atoms with Crippen molar-refractivity contribution >= 4 is 46.6 Å². The van der Waals surface area contributed by atoms with E-state index >= 15 is 0 Å². The van der Waals surface area contributed by atoms with Crippen molar-refractivity contribution in [2.24, 2.45) is 0 Å². The highest BCUT2D eigenvalue weighted by Gasteiger charge is 2.37. The second-order valence-electron chi connectivity index (χ2n) is 6.17. The number of nitrogens with zero attached hydrogens (tertiary/aromatic N) is 2. The summed E-state index contributed by atoms with van der Waals surface area (Å²) >= 11 is 11.8. The number of likely N-dealkylation sites (N-methyl/N-ethyl adjacent to an activating group) is 1. The summed E-state index contributed by atoms with van der Waals surface area (Å²) in [4.78, 5) is 16.2. The number of amides is 1. The molecule has 0 unspecified atom stereocenters. The molecule has 0 N–H and O–H groups in total. The molecule has 8 heteroatoms. The molecule has 0 aromatic heterocycles. The third-order valence-corrected chi connectivity index (χ3v) is 5.24. The molecule has 2 aliphatic heterocycles. The van der Waals surface area contributed by atoms with Gasteiger partial charge in [-0.1, -0.05) is 11.6 Å². The average molecular weight is 417 g/mol. The summed E-state index contributed by atoms with van der Waals surface area (Å²) in [5.74, 6) is 1.69. The van der Waals surface area contributed by atoms with Crippen molar-refractivity contribution in [2.45, 2.75) is 6.92 Å². The van der Waals surface area contributed by atoms with E-state index in [0.717, 1.165) is 5.75 Å². The van der Waals surface area contributed by atoms with Crippen LogP contribution in [-0.4, -0.2) is 36.4 Å².